The van der Waals surface area contributed by atoms with Crippen LogP contribution >= 0.6 is 0 Å². The second kappa shape index (κ2) is 7.29. The molecule has 78 valence electrons. The first-order chi connectivity index (χ1) is 5.24. The van der Waals surface area contributed by atoms with Crippen molar-refractivity contribution in [2.75, 3.05) is 12.3 Å². The summed E-state index contributed by atoms with van der Waals surface area (Å²) in [6.07, 6.45) is 2.00. The molecule has 3 nitrogen and oxygen atoms in total. The van der Waals surface area contributed by atoms with Gasteiger partial charge in [0.25, 0.3) is 0 Å². The van der Waals surface area contributed by atoms with E-state index in [9.17, 15) is 0 Å². The zero-order valence-corrected chi connectivity index (χ0v) is 10.8. The van der Waals surface area contributed by atoms with E-state index in [1.807, 2.05) is 25.3 Å². The predicted molar refractivity (Wildman–Crippen MR) is 45.7 cm³/mol. The summed E-state index contributed by atoms with van der Waals surface area (Å²) < 4.78 is 2.14. The zero-order valence-electron chi connectivity index (χ0n) is 7.63. The molecule has 1 aromatic heterocycles. The van der Waals surface area contributed by atoms with Gasteiger partial charge in [0, 0.05) is 26.2 Å². The van der Waals surface area contributed by atoms with E-state index in [4.69, 9.17) is 5.73 Å². The van der Waals surface area contributed by atoms with Gasteiger partial charge in [-0.1, -0.05) is 0 Å². The van der Waals surface area contributed by atoms with E-state index in [-0.39, 0.29) is 35.4 Å². The van der Waals surface area contributed by atoms with Gasteiger partial charge in [0.2, 0.25) is 0 Å². The molecular weight excluding hydrogens is 298 g/mol. The molecule has 0 saturated carbocycles. The van der Waals surface area contributed by atoms with Gasteiger partial charge in [0.05, 0.1) is 0 Å². The first kappa shape index (κ1) is 15.3. The first-order valence-electron chi connectivity index (χ1n) is 3.79. The van der Waals surface area contributed by atoms with E-state index in [0.29, 0.717) is 0 Å². The molecule has 0 spiro atoms. The summed E-state index contributed by atoms with van der Waals surface area (Å²) in [5.74, 6) is 0. The number of quaternary nitrogens is 1. The van der Waals surface area contributed by atoms with Gasteiger partial charge in [-0.25, -0.2) is 0 Å². The van der Waals surface area contributed by atoms with Crippen LogP contribution in [0, 0.1) is 6.92 Å². The average molecular weight is 315 g/mol. The molecule has 0 saturated heterocycles. The maximum Gasteiger partial charge on any atom is 0.196 e. The molecule has 0 unspecified atom stereocenters. The lowest BCUT2D eigenvalue weighted by molar-refractivity contribution is -0.717. The Labute approximate surface area is 101 Å². The second-order valence-electron chi connectivity index (χ2n) is 2.65. The molecule has 1 aromatic rings. The van der Waals surface area contributed by atoms with Crippen molar-refractivity contribution >= 4 is 5.69 Å². The molecule has 0 aliphatic heterocycles. The Morgan fingerprint density at radius 1 is 1.54 bits per heavy atom. The molecule has 0 aliphatic rings. The predicted octanol–water partition coefficient (Wildman–Crippen LogP) is -6.64. The van der Waals surface area contributed by atoms with Gasteiger partial charge in [-0.2, -0.15) is 4.57 Å². The van der Waals surface area contributed by atoms with E-state index in [2.05, 4.69) is 10.3 Å². The maximum atomic E-state index is 5.59. The minimum absolute atomic E-state index is 0. The molecular formula is C8H17Br2N3. The van der Waals surface area contributed by atoms with Gasteiger partial charge >= 0.3 is 0 Å². The highest BCUT2D eigenvalue weighted by Gasteiger charge is 2.04. The van der Waals surface area contributed by atoms with Gasteiger partial charge in [-0.3, -0.25) is 0 Å². The smallest absolute Gasteiger partial charge is 0.196 e. The number of aromatic nitrogens is 1. The molecule has 0 aliphatic carbocycles. The van der Waals surface area contributed by atoms with Crippen LogP contribution in [-0.4, -0.2) is 6.54 Å². The third-order valence-corrected chi connectivity index (χ3v) is 1.67. The Kier molecular flexibility index (Phi) is 8.61. The van der Waals surface area contributed by atoms with Gasteiger partial charge in [0.1, 0.15) is 6.54 Å². The second-order valence-corrected chi connectivity index (χ2v) is 2.65. The van der Waals surface area contributed by atoms with E-state index in [0.717, 1.165) is 18.8 Å². The van der Waals surface area contributed by atoms with Crippen molar-refractivity contribution in [3.63, 3.8) is 0 Å². The Morgan fingerprint density at radius 3 is 2.62 bits per heavy atom. The number of anilines is 1. The number of hydrogen-bond acceptors (Lipinski definition) is 1. The van der Waals surface area contributed by atoms with Crippen LogP contribution in [0.25, 0.3) is 0 Å². The van der Waals surface area contributed by atoms with E-state index in [1.54, 1.807) is 0 Å². The molecule has 1 heterocycles. The Morgan fingerprint density at radius 2 is 2.15 bits per heavy atom. The number of aryl methyl sites for hydroxylation is 1. The topological polar surface area (TPSA) is 57.5 Å². The van der Waals surface area contributed by atoms with Crippen LogP contribution in [0.5, 0.6) is 0 Å². The molecule has 0 bridgehead atoms. The van der Waals surface area contributed by atoms with E-state index >= 15 is 0 Å². The van der Waals surface area contributed by atoms with Crippen molar-refractivity contribution in [2.24, 2.45) is 0 Å². The van der Waals surface area contributed by atoms with Crippen LogP contribution in [0.1, 0.15) is 7.12 Å². The molecule has 13 heavy (non-hydrogen) atoms. The Bertz CT molecular complexity index is 258. The van der Waals surface area contributed by atoms with Crippen LogP contribution in [0.2, 0.25) is 0 Å². The molecule has 5 N–H and O–H groups in total. The monoisotopic (exact) mass is 313 g/mol. The van der Waals surface area contributed by atoms with Crippen molar-refractivity contribution in [1.82, 2.24) is 0 Å². The number of pyridine rings is 1. The summed E-state index contributed by atoms with van der Waals surface area (Å²) in [7, 11) is 0. The average Bonchev–Trinajstić information content (AvgIpc) is 1.95. The largest absolute Gasteiger partial charge is 1.00 e. The summed E-state index contributed by atoms with van der Waals surface area (Å²) in [5, 5.41) is 0. The van der Waals surface area contributed by atoms with Gasteiger partial charge in [-0.15, -0.1) is 0 Å². The summed E-state index contributed by atoms with van der Waals surface area (Å²) in [5.41, 5.74) is 11.4. The summed E-state index contributed by atoms with van der Waals surface area (Å²) in [6, 6.07) is 3.87. The summed E-state index contributed by atoms with van der Waals surface area (Å²) >= 11 is 0. The van der Waals surface area contributed by atoms with Crippen LogP contribution in [0.3, 0.4) is 0 Å². The number of nitrogens with zero attached hydrogens (tertiary/aromatic N) is 1. The molecule has 5 heteroatoms. The first-order valence-corrected chi connectivity index (χ1v) is 3.79. The maximum absolute atomic E-state index is 5.59. The number of rotatable bonds is 2. The Hall–Kier alpha value is -0.130. The molecule has 0 amide bonds. The SMILES string of the molecule is Cc1cc(N)cc[n+]1CC[NH3+].[Br-].[Br-].[HH]. The molecule has 0 atom stereocenters. The fraction of sp³-hybridized carbons (Fsp3) is 0.375. The summed E-state index contributed by atoms with van der Waals surface area (Å²) in [6.45, 7) is 3.92. The van der Waals surface area contributed by atoms with Crippen LogP contribution in [-0.2, 0) is 6.54 Å². The minimum atomic E-state index is 0. The van der Waals surface area contributed by atoms with Gasteiger partial charge in [0.15, 0.2) is 18.4 Å². The van der Waals surface area contributed by atoms with Crippen LogP contribution in [0.4, 0.5) is 5.69 Å². The van der Waals surface area contributed by atoms with Crippen molar-refractivity contribution in [2.45, 2.75) is 13.5 Å². The normalized spacial score (nSPS) is 8.46. The van der Waals surface area contributed by atoms with Crippen molar-refractivity contribution in [1.29, 1.82) is 0 Å². The van der Waals surface area contributed by atoms with E-state index in [1.165, 1.54) is 5.69 Å². The lowest BCUT2D eigenvalue weighted by Gasteiger charge is -1.97. The standard InChI is InChI=1S/C8H13N3.2BrH.H2/c1-7-6-8(10)2-4-11(7)5-3-9;;;/h2,4,6,10H,3,5,9H2,1H3;3*1H. The van der Waals surface area contributed by atoms with Crippen LogP contribution in [0.15, 0.2) is 18.3 Å². The third kappa shape index (κ3) is 4.59. The fourth-order valence-electron chi connectivity index (χ4n) is 1.09. The lowest BCUT2D eigenvalue weighted by Crippen LogP contribution is -3.00. The highest BCUT2D eigenvalue weighted by atomic mass is 79.9. The fourth-order valence-corrected chi connectivity index (χ4v) is 1.09. The van der Waals surface area contributed by atoms with Crippen molar-refractivity contribution in [3.05, 3.63) is 24.0 Å². The number of halogens is 2. The Balaban J connectivity index is -0.000000403. The molecule has 0 aromatic carbocycles. The molecule has 1 rings (SSSR count). The summed E-state index contributed by atoms with van der Waals surface area (Å²) in [4.78, 5) is 0. The lowest BCUT2D eigenvalue weighted by atomic mass is 10.3. The van der Waals surface area contributed by atoms with Crippen LogP contribution < -0.4 is 50.0 Å². The number of hydrogen-bond donors (Lipinski definition) is 2. The van der Waals surface area contributed by atoms with Crippen molar-refractivity contribution < 1.29 is 45.7 Å². The van der Waals surface area contributed by atoms with Gasteiger partial charge < -0.3 is 45.4 Å². The highest BCUT2D eigenvalue weighted by molar-refractivity contribution is 5.34. The number of nitrogens with two attached hydrogens (primary N) is 1. The highest BCUT2D eigenvalue weighted by Crippen LogP contribution is 1.98. The quantitative estimate of drug-likeness (QED) is 0.524. The molecule has 0 radical (unpaired) electrons. The zero-order chi connectivity index (χ0) is 8.27. The minimum Gasteiger partial charge on any atom is -1.00 e. The third-order valence-electron chi connectivity index (χ3n) is 1.67. The van der Waals surface area contributed by atoms with Crippen molar-refractivity contribution in [3.8, 4) is 0 Å². The van der Waals surface area contributed by atoms with E-state index < -0.39 is 0 Å². The van der Waals surface area contributed by atoms with Gasteiger partial charge in [-0.05, 0) is 0 Å². The molecule has 0 fully saturated rings. The number of nitrogen functional groups attached to an aromatic ring is 1.